The molecule has 154 valence electrons. The molecule has 0 aliphatic carbocycles. The van der Waals surface area contributed by atoms with E-state index >= 15 is 0 Å². The van der Waals surface area contributed by atoms with E-state index in [0.717, 1.165) is 11.3 Å². The second-order valence-corrected chi connectivity index (χ2v) is 7.44. The molecule has 1 aromatic heterocycles. The minimum Gasteiger partial charge on any atom is -0.465 e. The van der Waals surface area contributed by atoms with Crippen LogP contribution in [0.3, 0.4) is 0 Å². The first-order valence-electron chi connectivity index (χ1n) is 9.63. The first kappa shape index (κ1) is 20.6. The lowest BCUT2D eigenvalue weighted by molar-refractivity contribution is 0.0447. The fourth-order valence-electron chi connectivity index (χ4n) is 3.66. The molecule has 2 atom stereocenters. The maximum Gasteiger partial charge on any atom is 0.407 e. The summed E-state index contributed by atoms with van der Waals surface area (Å²) in [6.45, 7) is 5.04. The summed E-state index contributed by atoms with van der Waals surface area (Å²) in [6.07, 6.45) is 1.42. The Morgan fingerprint density at radius 3 is 2.62 bits per heavy atom. The Balaban J connectivity index is 1.65. The topological polar surface area (TPSA) is 97.8 Å². The molecule has 3 amide bonds. The Morgan fingerprint density at radius 1 is 1.17 bits per heavy atom. The van der Waals surface area contributed by atoms with E-state index in [1.54, 1.807) is 12.3 Å². The lowest BCUT2D eigenvalue weighted by atomic mass is 9.96. The van der Waals surface area contributed by atoms with Gasteiger partial charge in [0.05, 0.1) is 11.9 Å². The molecule has 8 nitrogen and oxygen atoms in total. The highest BCUT2D eigenvalue weighted by atomic mass is 16.4. The highest BCUT2D eigenvalue weighted by Gasteiger charge is 2.34. The summed E-state index contributed by atoms with van der Waals surface area (Å²) >= 11 is 0. The number of urea groups is 1. The van der Waals surface area contributed by atoms with Crippen molar-refractivity contribution in [1.29, 1.82) is 0 Å². The van der Waals surface area contributed by atoms with E-state index in [1.165, 1.54) is 4.90 Å². The zero-order chi connectivity index (χ0) is 21.0. The predicted molar refractivity (Wildman–Crippen MR) is 112 cm³/mol. The van der Waals surface area contributed by atoms with Crippen molar-refractivity contribution in [3.05, 3.63) is 53.9 Å². The van der Waals surface area contributed by atoms with Crippen LogP contribution >= 0.6 is 0 Å². The minimum absolute atomic E-state index is 0.0718. The maximum absolute atomic E-state index is 12.3. The Hall–Kier alpha value is -3.13. The number of hydrogen-bond donors (Lipinski definition) is 3. The second-order valence-electron chi connectivity index (χ2n) is 7.44. The van der Waals surface area contributed by atoms with Crippen molar-refractivity contribution in [2.24, 2.45) is 0 Å². The van der Waals surface area contributed by atoms with Gasteiger partial charge < -0.3 is 20.6 Å². The van der Waals surface area contributed by atoms with Crippen LogP contribution in [0.15, 0.2) is 42.6 Å². The predicted octanol–water partition coefficient (Wildman–Crippen LogP) is 3.26. The first-order valence-corrected chi connectivity index (χ1v) is 9.63. The van der Waals surface area contributed by atoms with Gasteiger partial charge in [-0.2, -0.15) is 0 Å². The molecule has 2 heterocycles. The van der Waals surface area contributed by atoms with Gasteiger partial charge >= 0.3 is 12.1 Å². The van der Waals surface area contributed by atoms with E-state index < -0.39 is 6.09 Å². The van der Waals surface area contributed by atoms with Gasteiger partial charge in [0.25, 0.3) is 0 Å². The van der Waals surface area contributed by atoms with Gasteiger partial charge in [-0.1, -0.05) is 12.1 Å². The molecule has 0 saturated carbocycles. The Kier molecular flexibility index (Phi) is 6.33. The lowest BCUT2D eigenvalue weighted by Crippen LogP contribution is -2.59. The van der Waals surface area contributed by atoms with Gasteiger partial charge in [-0.15, -0.1) is 0 Å². The van der Waals surface area contributed by atoms with Crippen molar-refractivity contribution >= 4 is 23.5 Å². The number of amides is 3. The van der Waals surface area contributed by atoms with Crippen molar-refractivity contribution < 1.29 is 14.7 Å². The number of aromatic nitrogens is 1. The van der Waals surface area contributed by atoms with E-state index in [4.69, 9.17) is 0 Å². The molecule has 2 aromatic rings. The summed E-state index contributed by atoms with van der Waals surface area (Å²) in [6, 6.07) is 10.9. The zero-order valence-corrected chi connectivity index (χ0v) is 16.9. The van der Waals surface area contributed by atoms with Crippen molar-refractivity contribution in [2.75, 3.05) is 30.8 Å². The summed E-state index contributed by atoms with van der Waals surface area (Å²) < 4.78 is 0. The van der Waals surface area contributed by atoms with Gasteiger partial charge in [-0.3, -0.25) is 9.88 Å². The number of benzene rings is 1. The highest BCUT2D eigenvalue weighted by Crippen LogP contribution is 2.21. The molecule has 0 radical (unpaired) electrons. The van der Waals surface area contributed by atoms with Gasteiger partial charge in [-0.25, -0.2) is 9.59 Å². The Labute approximate surface area is 170 Å². The molecule has 0 bridgehead atoms. The van der Waals surface area contributed by atoms with Crippen LogP contribution in [0.5, 0.6) is 0 Å². The molecule has 0 spiro atoms. The van der Waals surface area contributed by atoms with Gasteiger partial charge in [0.15, 0.2) is 0 Å². The van der Waals surface area contributed by atoms with Crippen LogP contribution in [0.2, 0.25) is 0 Å². The second kappa shape index (κ2) is 8.91. The number of pyridine rings is 1. The number of nitrogens with zero attached hydrogens (tertiary/aromatic N) is 3. The van der Waals surface area contributed by atoms with Gasteiger partial charge in [-0.05, 0) is 57.1 Å². The third-order valence-electron chi connectivity index (χ3n) is 5.35. The highest BCUT2D eigenvalue weighted by molar-refractivity contribution is 5.99. The quantitative estimate of drug-likeness (QED) is 0.736. The standard InChI is InChI=1S/C21H27N5O3/c1-14-7-8-18(13-22-14)24-20(27)23-17-6-4-5-16(11-17)12-19-15(2)26(21(28)29)10-9-25(19)3/h4-8,11,13,15,19H,9-10,12H2,1-3H3,(H,28,29)(H2,23,24,27)/t15?,19-/m0/s1. The normalized spacial score (nSPS) is 19.6. The summed E-state index contributed by atoms with van der Waals surface area (Å²) in [4.78, 5) is 31.6. The van der Waals surface area contributed by atoms with Crippen LogP contribution in [0.4, 0.5) is 21.0 Å². The number of aryl methyl sites for hydroxylation is 1. The molecule has 1 aromatic carbocycles. The van der Waals surface area contributed by atoms with E-state index in [1.807, 2.05) is 51.2 Å². The van der Waals surface area contributed by atoms with Crippen LogP contribution in [-0.4, -0.2) is 64.2 Å². The number of likely N-dealkylation sites (N-methyl/N-ethyl adjacent to an activating group) is 1. The molecule has 3 rings (SSSR count). The van der Waals surface area contributed by atoms with Crippen molar-refractivity contribution in [1.82, 2.24) is 14.8 Å². The van der Waals surface area contributed by atoms with Crippen molar-refractivity contribution in [2.45, 2.75) is 32.4 Å². The Morgan fingerprint density at radius 2 is 1.93 bits per heavy atom. The number of carbonyl (C=O) groups excluding carboxylic acids is 1. The number of nitrogens with one attached hydrogen (secondary N) is 2. The summed E-state index contributed by atoms with van der Waals surface area (Å²) in [5.41, 5.74) is 3.22. The summed E-state index contributed by atoms with van der Waals surface area (Å²) in [5, 5.41) is 15.0. The van der Waals surface area contributed by atoms with Crippen LogP contribution in [0.25, 0.3) is 0 Å². The van der Waals surface area contributed by atoms with Crippen molar-refractivity contribution in [3.8, 4) is 0 Å². The van der Waals surface area contributed by atoms with Crippen LogP contribution < -0.4 is 10.6 Å². The fourth-order valence-corrected chi connectivity index (χ4v) is 3.66. The summed E-state index contributed by atoms with van der Waals surface area (Å²) in [5.74, 6) is 0. The molecular formula is C21H27N5O3. The van der Waals surface area contributed by atoms with E-state index in [0.29, 0.717) is 30.9 Å². The smallest absolute Gasteiger partial charge is 0.407 e. The van der Waals surface area contributed by atoms with Crippen LogP contribution in [-0.2, 0) is 6.42 Å². The average molecular weight is 397 g/mol. The molecular weight excluding hydrogens is 370 g/mol. The summed E-state index contributed by atoms with van der Waals surface area (Å²) in [7, 11) is 2.02. The molecule has 1 aliphatic heterocycles. The third-order valence-corrected chi connectivity index (χ3v) is 5.35. The molecule has 1 unspecified atom stereocenters. The fraction of sp³-hybridized carbons (Fsp3) is 0.381. The molecule has 8 heteroatoms. The lowest BCUT2D eigenvalue weighted by Gasteiger charge is -2.43. The van der Waals surface area contributed by atoms with Crippen molar-refractivity contribution in [3.63, 3.8) is 0 Å². The number of hydrogen-bond acceptors (Lipinski definition) is 4. The first-order chi connectivity index (χ1) is 13.8. The largest absolute Gasteiger partial charge is 0.465 e. The van der Waals surface area contributed by atoms with E-state index in [-0.39, 0.29) is 18.1 Å². The molecule has 3 N–H and O–H groups in total. The third kappa shape index (κ3) is 5.23. The number of rotatable bonds is 4. The monoisotopic (exact) mass is 397 g/mol. The number of carbonyl (C=O) groups is 2. The minimum atomic E-state index is -0.881. The van der Waals surface area contributed by atoms with Gasteiger partial charge in [0, 0.05) is 36.6 Å². The van der Waals surface area contributed by atoms with Crippen LogP contribution in [0.1, 0.15) is 18.2 Å². The molecule has 29 heavy (non-hydrogen) atoms. The molecule has 1 saturated heterocycles. The molecule has 1 aliphatic rings. The van der Waals surface area contributed by atoms with Gasteiger partial charge in [0.1, 0.15) is 0 Å². The number of carboxylic acid groups (broad SMARTS) is 1. The number of piperazine rings is 1. The van der Waals surface area contributed by atoms with E-state index in [2.05, 4.69) is 20.5 Å². The zero-order valence-electron chi connectivity index (χ0n) is 16.9. The maximum atomic E-state index is 12.3. The van der Waals surface area contributed by atoms with Crippen LogP contribution in [0, 0.1) is 6.92 Å². The SMILES string of the molecule is Cc1ccc(NC(=O)Nc2cccc(C[C@H]3C(C)N(C(=O)O)CCN3C)c2)cn1. The Bertz CT molecular complexity index is 871. The number of anilines is 2. The average Bonchev–Trinajstić information content (AvgIpc) is 2.67. The van der Waals surface area contributed by atoms with E-state index in [9.17, 15) is 14.7 Å². The van der Waals surface area contributed by atoms with Gasteiger partial charge in [0.2, 0.25) is 0 Å². The molecule has 1 fully saturated rings.